The number of benzene rings is 2. The van der Waals surface area contributed by atoms with E-state index in [0.717, 1.165) is 62.4 Å². The number of hydrogen-bond donors (Lipinski definition) is 0. The van der Waals surface area contributed by atoms with Gasteiger partial charge in [-0.15, -0.1) is 10.2 Å². The average Bonchev–Trinajstić information content (AvgIpc) is 3.25. The van der Waals surface area contributed by atoms with E-state index >= 15 is 0 Å². The lowest BCUT2D eigenvalue weighted by molar-refractivity contribution is -0.130. The number of piperazine rings is 1. The summed E-state index contributed by atoms with van der Waals surface area (Å²) in [4.78, 5) is 17.1. The first kappa shape index (κ1) is 23.3. The summed E-state index contributed by atoms with van der Waals surface area (Å²) in [6.45, 7) is 7.66. The van der Waals surface area contributed by atoms with E-state index in [1.165, 1.54) is 17.3 Å². The van der Waals surface area contributed by atoms with Gasteiger partial charge < -0.3 is 14.2 Å². The summed E-state index contributed by atoms with van der Waals surface area (Å²) in [6.07, 6.45) is 0.742. The Balaban J connectivity index is 1.20. The summed E-state index contributed by atoms with van der Waals surface area (Å²) in [5.74, 6) is 2.39. The Morgan fingerprint density at radius 1 is 0.970 bits per heavy atom. The van der Waals surface area contributed by atoms with Gasteiger partial charge in [0.05, 0.1) is 5.75 Å². The van der Waals surface area contributed by atoms with Gasteiger partial charge in [-0.05, 0) is 24.6 Å². The van der Waals surface area contributed by atoms with Gasteiger partial charge in [-0.25, -0.2) is 0 Å². The normalized spacial score (nSPS) is 14.4. The Hall–Kier alpha value is -2.84. The molecule has 0 unspecified atom stereocenters. The molecule has 0 saturated carbocycles. The van der Waals surface area contributed by atoms with E-state index in [0.29, 0.717) is 12.4 Å². The molecule has 2 heterocycles. The van der Waals surface area contributed by atoms with Crippen molar-refractivity contribution >= 4 is 17.7 Å². The van der Waals surface area contributed by atoms with Gasteiger partial charge in [0.2, 0.25) is 5.91 Å². The Bertz CT molecular complexity index is 1000. The van der Waals surface area contributed by atoms with E-state index in [2.05, 4.69) is 38.7 Å². The van der Waals surface area contributed by atoms with Crippen molar-refractivity contribution in [1.29, 1.82) is 0 Å². The number of carbonyl (C=O) groups is 1. The molecule has 1 aliphatic rings. The number of aromatic nitrogens is 3. The number of nitrogens with zero attached hydrogens (tertiary/aromatic N) is 5. The molecular weight excluding hydrogens is 434 g/mol. The molecule has 0 aliphatic carbocycles. The second kappa shape index (κ2) is 11.9. The maximum Gasteiger partial charge on any atom is 0.233 e. The summed E-state index contributed by atoms with van der Waals surface area (Å²) in [7, 11) is 0. The molecule has 4 rings (SSSR count). The molecule has 0 bridgehead atoms. The summed E-state index contributed by atoms with van der Waals surface area (Å²) in [5, 5.41) is 9.55. The molecule has 1 saturated heterocycles. The van der Waals surface area contributed by atoms with Crippen LogP contribution in [0.15, 0.2) is 65.8 Å². The lowest BCUT2D eigenvalue weighted by Gasteiger charge is -2.34. The molecule has 1 fully saturated rings. The van der Waals surface area contributed by atoms with E-state index in [1.54, 1.807) is 0 Å². The first-order valence-electron chi connectivity index (χ1n) is 11.5. The fourth-order valence-corrected chi connectivity index (χ4v) is 4.82. The number of thioether (sulfide) groups is 1. The predicted molar refractivity (Wildman–Crippen MR) is 131 cm³/mol. The van der Waals surface area contributed by atoms with E-state index in [1.807, 2.05) is 53.4 Å². The van der Waals surface area contributed by atoms with Crippen molar-refractivity contribution in [3.63, 3.8) is 0 Å². The zero-order valence-electron chi connectivity index (χ0n) is 19.1. The van der Waals surface area contributed by atoms with Crippen LogP contribution in [0.3, 0.4) is 0 Å². The second-order valence-electron chi connectivity index (χ2n) is 7.98. The Morgan fingerprint density at radius 3 is 2.36 bits per heavy atom. The lowest BCUT2D eigenvalue weighted by Crippen LogP contribution is -2.50. The summed E-state index contributed by atoms with van der Waals surface area (Å²) >= 11 is 1.48. The van der Waals surface area contributed by atoms with Crippen LogP contribution < -0.4 is 4.74 Å². The number of para-hydroxylation sites is 1. The Labute approximate surface area is 199 Å². The van der Waals surface area contributed by atoms with Crippen LogP contribution in [0.25, 0.3) is 0 Å². The van der Waals surface area contributed by atoms with Crippen LogP contribution in [0.2, 0.25) is 0 Å². The van der Waals surface area contributed by atoms with Crippen molar-refractivity contribution in [2.45, 2.75) is 25.0 Å². The summed E-state index contributed by atoms with van der Waals surface area (Å²) in [5.41, 5.74) is 1.21. The van der Waals surface area contributed by atoms with Crippen LogP contribution >= 0.6 is 11.8 Å². The van der Waals surface area contributed by atoms with Gasteiger partial charge in [-0.3, -0.25) is 9.69 Å². The molecule has 0 N–H and O–H groups in total. The summed E-state index contributed by atoms with van der Waals surface area (Å²) in [6, 6.07) is 20.2. The predicted octanol–water partition coefficient (Wildman–Crippen LogP) is 3.20. The van der Waals surface area contributed by atoms with Crippen LogP contribution in [-0.2, 0) is 17.8 Å². The van der Waals surface area contributed by atoms with Crippen LogP contribution in [0, 0.1) is 0 Å². The Kier molecular flexibility index (Phi) is 8.38. The SMILES string of the molecule is CCn1c(Cc2ccccc2)nnc1SCC(=O)N1CCN(CCOc2ccccc2)CC1. The maximum atomic E-state index is 12.8. The molecule has 0 spiro atoms. The summed E-state index contributed by atoms with van der Waals surface area (Å²) < 4.78 is 7.90. The number of amides is 1. The van der Waals surface area contributed by atoms with Gasteiger partial charge in [-0.1, -0.05) is 60.3 Å². The number of ether oxygens (including phenoxy) is 1. The van der Waals surface area contributed by atoms with Crippen LogP contribution in [-0.4, -0.2) is 75.6 Å². The van der Waals surface area contributed by atoms with Crippen LogP contribution in [0.4, 0.5) is 0 Å². The van der Waals surface area contributed by atoms with E-state index in [-0.39, 0.29) is 5.91 Å². The molecule has 0 radical (unpaired) electrons. The first-order valence-corrected chi connectivity index (χ1v) is 12.5. The highest BCUT2D eigenvalue weighted by atomic mass is 32.2. The quantitative estimate of drug-likeness (QED) is 0.429. The number of carbonyl (C=O) groups excluding carboxylic acids is 1. The monoisotopic (exact) mass is 465 g/mol. The first-order chi connectivity index (χ1) is 16.2. The largest absolute Gasteiger partial charge is 0.492 e. The molecule has 8 heteroatoms. The molecule has 174 valence electrons. The van der Waals surface area contributed by atoms with Crippen molar-refractivity contribution in [3.8, 4) is 5.75 Å². The topological polar surface area (TPSA) is 63.5 Å². The van der Waals surface area contributed by atoms with E-state index in [4.69, 9.17) is 4.74 Å². The second-order valence-corrected chi connectivity index (χ2v) is 8.92. The lowest BCUT2D eigenvalue weighted by atomic mass is 10.1. The molecule has 7 nitrogen and oxygen atoms in total. The van der Waals surface area contributed by atoms with Gasteiger partial charge in [-0.2, -0.15) is 0 Å². The molecule has 1 aromatic heterocycles. The van der Waals surface area contributed by atoms with Crippen molar-refractivity contribution in [2.75, 3.05) is 45.1 Å². The molecule has 3 aromatic rings. The maximum absolute atomic E-state index is 12.8. The molecular formula is C25H31N5O2S. The highest BCUT2D eigenvalue weighted by molar-refractivity contribution is 7.99. The average molecular weight is 466 g/mol. The number of hydrogen-bond acceptors (Lipinski definition) is 6. The van der Waals surface area contributed by atoms with Gasteiger partial charge in [0.25, 0.3) is 0 Å². The standard InChI is InChI=1S/C25H31N5O2S/c1-2-30-23(19-21-9-5-3-6-10-21)26-27-25(30)33-20-24(31)29-15-13-28(14-16-29)17-18-32-22-11-7-4-8-12-22/h3-12H,2,13-20H2,1H3. The third kappa shape index (κ3) is 6.58. The Morgan fingerprint density at radius 2 is 1.67 bits per heavy atom. The van der Waals surface area contributed by atoms with Gasteiger partial charge in [0.15, 0.2) is 5.16 Å². The van der Waals surface area contributed by atoms with E-state index in [9.17, 15) is 4.79 Å². The zero-order chi connectivity index (χ0) is 22.9. The highest BCUT2D eigenvalue weighted by Crippen LogP contribution is 2.20. The van der Waals surface area contributed by atoms with E-state index < -0.39 is 0 Å². The van der Waals surface area contributed by atoms with Gasteiger partial charge in [0, 0.05) is 45.7 Å². The minimum absolute atomic E-state index is 0.162. The molecule has 33 heavy (non-hydrogen) atoms. The zero-order valence-corrected chi connectivity index (χ0v) is 19.9. The van der Waals surface area contributed by atoms with Crippen molar-refractivity contribution < 1.29 is 9.53 Å². The van der Waals surface area contributed by atoms with Gasteiger partial charge in [0.1, 0.15) is 18.2 Å². The number of rotatable bonds is 10. The van der Waals surface area contributed by atoms with Gasteiger partial charge >= 0.3 is 0 Å². The molecule has 1 amide bonds. The third-order valence-corrected chi connectivity index (χ3v) is 6.74. The minimum atomic E-state index is 0.162. The molecule has 0 atom stereocenters. The van der Waals surface area contributed by atoms with Crippen molar-refractivity contribution in [3.05, 3.63) is 72.1 Å². The van der Waals surface area contributed by atoms with Crippen molar-refractivity contribution in [1.82, 2.24) is 24.6 Å². The van der Waals surface area contributed by atoms with Crippen LogP contribution in [0.1, 0.15) is 18.3 Å². The fraction of sp³-hybridized carbons (Fsp3) is 0.400. The highest BCUT2D eigenvalue weighted by Gasteiger charge is 2.22. The minimum Gasteiger partial charge on any atom is -0.492 e. The smallest absolute Gasteiger partial charge is 0.233 e. The third-order valence-electron chi connectivity index (χ3n) is 5.78. The molecule has 2 aromatic carbocycles. The molecule has 1 aliphatic heterocycles. The van der Waals surface area contributed by atoms with Crippen LogP contribution in [0.5, 0.6) is 5.75 Å². The van der Waals surface area contributed by atoms with Crippen molar-refractivity contribution in [2.24, 2.45) is 0 Å². The fourth-order valence-electron chi connectivity index (χ4n) is 3.90.